The van der Waals surface area contributed by atoms with Crippen molar-refractivity contribution in [1.29, 1.82) is 0 Å². The molecule has 0 radical (unpaired) electrons. The molecule has 0 saturated heterocycles. The molecule has 18 heavy (non-hydrogen) atoms. The van der Waals surface area contributed by atoms with Crippen molar-refractivity contribution in [2.45, 2.75) is 19.8 Å². The van der Waals surface area contributed by atoms with Gasteiger partial charge in [0.1, 0.15) is 5.52 Å². The largest absolute Gasteiger partial charge is 0.478 e. The number of aromatic amines is 1. The fraction of sp³-hybridized carbons (Fsp3) is 0.250. The molecule has 0 saturated carbocycles. The molecular formula is C12H12N2O4. The van der Waals surface area contributed by atoms with Crippen LogP contribution in [0.25, 0.3) is 10.9 Å². The Bertz CT molecular complexity index is 643. The van der Waals surface area contributed by atoms with E-state index in [1.54, 1.807) is 6.20 Å². The number of benzene rings is 1. The van der Waals surface area contributed by atoms with E-state index >= 15 is 0 Å². The molecule has 1 heterocycles. The van der Waals surface area contributed by atoms with Gasteiger partial charge in [-0.2, -0.15) is 0 Å². The van der Waals surface area contributed by atoms with Gasteiger partial charge in [-0.1, -0.05) is 13.8 Å². The highest BCUT2D eigenvalue weighted by Crippen LogP contribution is 2.32. The highest BCUT2D eigenvalue weighted by molar-refractivity contribution is 5.99. The molecule has 94 valence electrons. The summed E-state index contributed by atoms with van der Waals surface area (Å²) in [5.74, 6) is -1.02. The molecule has 2 aromatic rings. The number of hydrogen-bond donors (Lipinski definition) is 2. The smallest absolute Gasteiger partial charge is 0.335 e. The first-order valence-electron chi connectivity index (χ1n) is 5.44. The average molecular weight is 248 g/mol. The average Bonchev–Trinajstić information content (AvgIpc) is 2.70. The number of fused-ring (bicyclic) bond motifs is 1. The van der Waals surface area contributed by atoms with Crippen LogP contribution in [0.5, 0.6) is 0 Å². The molecule has 0 amide bonds. The first-order valence-corrected chi connectivity index (χ1v) is 5.44. The third-order valence-electron chi connectivity index (χ3n) is 2.87. The van der Waals surface area contributed by atoms with E-state index in [9.17, 15) is 14.9 Å². The zero-order chi connectivity index (χ0) is 13.4. The van der Waals surface area contributed by atoms with Crippen LogP contribution in [-0.4, -0.2) is 21.0 Å². The fourth-order valence-electron chi connectivity index (χ4n) is 1.98. The number of rotatable bonds is 3. The van der Waals surface area contributed by atoms with Crippen LogP contribution in [0.2, 0.25) is 0 Å². The number of aromatic nitrogens is 1. The topological polar surface area (TPSA) is 96.2 Å². The molecule has 6 nitrogen and oxygen atoms in total. The predicted octanol–water partition coefficient (Wildman–Crippen LogP) is 2.90. The van der Waals surface area contributed by atoms with Gasteiger partial charge in [0.15, 0.2) is 0 Å². The highest BCUT2D eigenvalue weighted by atomic mass is 16.6. The zero-order valence-corrected chi connectivity index (χ0v) is 9.93. The first-order chi connectivity index (χ1) is 8.41. The van der Waals surface area contributed by atoms with Crippen LogP contribution in [0.15, 0.2) is 18.3 Å². The minimum Gasteiger partial charge on any atom is -0.478 e. The van der Waals surface area contributed by atoms with Gasteiger partial charge in [0, 0.05) is 17.6 Å². The van der Waals surface area contributed by atoms with Crippen LogP contribution in [0.3, 0.4) is 0 Å². The number of nitro benzene ring substituents is 1. The Hall–Kier alpha value is -2.37. The molecule has 0 aliphatic rings. The van der Waals surface area contributed by atoms with Crippen molar-refractivity contribution in [1.82, 2.24) is 4.98 Å². The van der Waals surface area contributed by atoms with Gasteiger partial charge >= 0.3 is 5.97 Å². The van der Waals surface area contributed by atoms with Gasteiger partial charge in [-0.05, 0) is 17.5 Å². The van der Waals surface area contributed by atoms with E-state index in [1.165, 1.54) is 6.07 Å². The Morgan fingerprint density at radius 2 is 2.11 bits per heavy atom. The third kappa shape index (κ3) is 1.81. The van der Waals surface area contributed by atoms with Crippen LogP contribution in [0.4, 0.5) is 5.69 Å². The van der Waals surface area contributed by atoms with Crippen LogP contribution in [-0.2, 0) is 0 Å². The van der Waals surface area contributed by atoms with Crippen LogP contribution in [0, 0.1) is 10.1 Å². The minimum atomic E-state index is -1.17. The van der Waals surface area contributed by atoms with Crippen molar-refractivity contribution in [3.8, 4) is 0 Å². The van der Waals surface area contributed by atoms with Crippen molar-refractivity contribution in [2.24, 2.45) is 0 Å². The Kier molecular flexibility index (Phi) is 2.78. The molecule has 0 spiro atoms. The molecule has 6 heteroatoms. The van der Waals surface area contributed by atoms with E-state index in [2.05, 4.69) is 4.98 Å². The number of nitro groups is 1. The van der Waals surface area contributed by atoms with Crippen LogP contribution < -0.4 is 0 Å². The molecule has 0 atom stereocenters. The minimum absolute atomic E-state index is 0.0734. The van der Waals surface area contributed by atoms with E-state index in [1.807, 2.05) is 13.8 Å². The number of H-pyrrole nitrogens is 1. The van der Waals surface area contributed by atoms with Crippen molar-refractivity contribution in [2.75, 3.05) is 0 Å². The number of carboxylic acid groups (broad SMARTS) is 1. The molecule has 0 aliphatic carbocycles. The second-order valence-electron chi connectivity index (χ2n) is 4.38. The monoisotopic (exact) mass is 248 g/mol. The Morgan fingerprint density at radius 1 is 1.44 bits per heavy atom. The Morgan fingerprint density at radius 3 is 2.61 bits per heavy atom. The molecule has 2 rings (SSSR count). The van der Waals surface area contributed by atoms with Crippen molar-refractivity contribution >= 4 is 22.6 Å². The van der Waals surface area contributed by atoms with Gasteiger partial charge < -0.3 is 10.1 Å². The quantitative estimate of drug-likeness (QED) is 0.644. The van der Waals surface area contributed by atoms with Gasteiger partial charge in [0.05, 0.1) is 10.5 Å². The molecule has 1 aromatic carbocycles. The maximum absolute atomic E-state index is 11.0. The molecule has 0 fully saturated rings. The summed E-state index contributed by atoms with van der Waals surface area (Å²) in [5.41, 5.74) is 0.956. The van der Waals surface area contributed by atoms with Crippen molar-refractivity contribution < 1.29 is 14.8 Å². The van der Waals surface area contributed by atoms with E-state index < -0.39 is 10.9 Å². The van der Waals surface area contributed by atoms with Gasteiger partial charge in [0.25, 0.3) is 5.69 Å². The third-order valence-corrected chi connectivity index (χ3v) is 2.87. The maximum Gasteiger partial charge on any atom is 0.335 e. The summed E-state index contributed by atoms with van der Waals surface area (Å²) >= 11 is 0. The summed E-state index contributed by atoms with van der Waals surface area (Å²) in [7, 11) is 0. The van der Waals surface area contributed by atoms with Gasteiger partial charge in [-0.3, -0.25) is 10.1 Å². The predicted molar refractivity (Wildman–Crippen MR) is 66.0 cm³/mol. The van der Waals surface area contributed by atoms with E-state index in [0.717, 1.165) is 11.6 Å². The number of nitrogens with one attached hydrogen (secondary N) is 1. The number of non-ortho nitro benzene ring substituents is 1. The first kappa shape index (κ1) is 12.1. The van der Waals surface area contributed by atoms with Crippen LogP contribution >= 0.6 is 0 Å². The number of carboxylic acids is 1. The van der Waals surface area contributed by atoms with Crippen molar-refractivity contribution in [3.63, 3.8) is 0 Å². The van der Waals surface area contributed by atoms with Crippen LogP contribution in [0.1, 0.15) is 35.7 Å². The summed E-state index contributed by atoms with van der Waals surface area (Å²) in [6.07, 6.45) is 1.69. The normalized spacial score (nSPS) is 11.1. The number of carbonyl (C=O) groups is 1. The fourth-order valence-corrected chi connectivity index (χ4v) is 1.98. The number of nitrogens with zero attached hydrogens (tertiary/aromatic N) is 1. The molecular weight excluding hydrogens is 236 g/mol. The maximum atomic E-state index is 11.0. The summed E-state index contributed by atoms with van der Waals surface area (Å²) in [6, 6.07) is 2.54. The summed E-state index contributed by atoms with van der Waals surface area (Å²) in [6.45, 7) is 3.89. The second kappa shape index (κ2) is 4.14. The van der Waals surface area contributed by atoms with Crippen molar-refractivity contribution in [3.05, 3.63) is 39.6 Å². The van der Waals surface area contributed by atoms with E-state index in [-0.39, 0.29) is 17.2 Å². The number of hydrogen-bond acceptors (Lipinski definition) is 3. The summed E-state index contributed by atoms with van der Waals surface area (Å²) < 4.78 is 0. The summed E-state index contributed by atoms with van der Waals surface area (Å²) in [5, 5.41) is 20.5. The number of aromatic carboxylic acids is 1. The lowest BCUT2D eigenvalue weighted by molar-refractivity contribution is -0.383. The lowest BCUT2D eigenvalue weighted by atomic mass is 10.0. The van der Waals surface area contributed by atoms with Gasteiger partial charge in [-0.25, -0.2) is 4.79 Å². The molecule has 0 bridgehead atoms. The standard InChI is InChI=1S/C12H12N2O4/c1-6(2)9-5-13-11-8(9)3-7(12(15)16)4-10(11)14(17)18/h3-6,13H,1-2H3,(H,15,16). The second-order valence-corrected chi connectivity index (χ2v) is 4.38. The molecule has 0 aliphatic heterocycles. The summed E-state index contributed by atoms with van der Waals surface area (Å²) in [4.78, 5) is 24.2. The zero-order valence-electron chi connectivity index (χ0n) is 9.93. The van der Waals surface area contributed by atoms with Gasteiger partial charge in [-0.15, -0.1) is 0 Å². The van der Waals surface area contributed by atoms with E-state index in [4.69, 9.17) is 5.11 Å². The van der Waals surface area contributed by atoms with Gasteiger partial charge in [0.2, 0.25) is 0 Å². The molecule has 0 unspecified atom stereocenters. The highest BCUT2D eigenvalue weighted by Gasteiger charge is 2.20. The Labute approximate surface area is 102 Å². The Balaban J connectivity index is 2.83. The SMILES string of the molecule is CC(C)c1c[nH]c2c([N+](=O)[O-])cc(C(=O)O)cc12. The molecule has 1 aromatic heterocycles. The molecule has 2 N–H and O–H groups in total. The van der Waals surface area contributed by atoms with E-state index in [0.29, 0.717) is 10.9 Å². The lowest BCUT2D eigenvalue weighted by Crippen LogP contribution is -1.99. The lowest BCUT2D eigenvalue weighted by Gasteiger charge is -2.03.